The Hall–Kier alpha value is -1.31. The topological polar surface area (TPSA) is 54.3 Å². The van der Waals surface area contributed by atoms with Gasteiger partial charge in [-0.25, -0.2) is 9.97 Å². The molecule has 7 heteroatoms. The van der Waals surface area contributed by atoms with Gasteiger partial charge in [-0.3, -0.25) is 14.3 Å². The van der Waals surface area contributed by atoms with Gasteiger partial charge in [0.15, 0.2) is 5.65 Å². The van der Waals surface area contributed by atoms with Crippen molar-refractivity contribution < 1.29 is 0 Å². The van der Waals surface area contributed by atoms with Crippen LogP contribution in [0, 0.1) is 0 Å². The van der Waals surface area contributed by atoms with Crippen LogP contribution < -0.4 is 5.56 Å². The Bertz CT molecular complexity index is 837. The fraction of sp³-hybridized carbons (Fsp3) is 0.650. The van der Waals surface area contributed by atoms with Gasteiger partial charge in [0.2, 0.25) is 0 Å². The highest BCUT2D eigenvalue weighted by molar-refractivity contribution is 9.10. The molecule has 1 aliphatic heterocycles. The first-order valence-corrected chi connectivity index (χ1v) is 10.8. The van der Waals surface area contributed by atoms with E-state index in [1.54, 1.807) is 6.20 Å². The molecule has 0 bridgehead atoms. The molecule has 3 heterocycles. The van der Waals surface area contributed by atoms with E-state index in [0.717, 1.165) is 62.2 Å². The average Bonchev–Trinajstić information content (AvgIpc) is 2.87. The molecule has 0 spiro atoms. The molecule has 1 unspecified atom stereocenters. The molecule has 0 saturated carbocycles. The summed E-state index contributed by atoms with van der Waals surface area (Å²) in [4.78, 5) is 27.5. The molecule has 6 nitrogen and oxygen atoms in total. The third kappa shape index (κ3) is 4.58. The van der Waals surface area contributed by atoms with Gasteiger partial charge in [-0.15, -0.1) is 0 Å². The Morgan fingerprint density at radius 1 is 1.19 bits per heavy atom. The van der Waals surface area contributed by atoms with Gasteiger partial charge in [-0.1, -0.05) is 20.3 Å². The summed E-state index contributed by atoms with van der Waals surface area (Å²) in [5.41, 5.74) is 0.581. The number of aromatic nitrogens is 3. The van der Waals surface area contributed by atoms with Crippen LogP contribution in [0.3, 0.4) is 0 Å². The predicted molar refractivity (Wildman–Crippen MR) is 113 cm³/mol. The lowest BCUT2D eigenvalue weighted by Crippen LogP contribution is -2.37. The monoisotopic (exact) mass is 435 g/mol. The van der Waals surface area contributed by atoms with Crippen LogP contribution in [0.5, 0.6) is 0 Å². The quantitative estimate of drug-likeness (QED) is 0.695. The number of pyridine rings is 1. The zero-order chi connectivity index (χ0) is 19.4. The highest BCUT2D eigenvalue weighted by atomic mass is 79.9. The van der Waals surface area contributed by atoms with E-state index in [-0.39, 0.29) is 11.6 Å². The molecule has 0 aromatic carbocycles. The Morgan fingerprint density at radius 3 is 2.74 bits per heavy atom. The Balaban J connectivity index is 2.11. The molecule has 148 valence electrons. The van der Waals surface area contributed by atoms with E-state index < -0.39 is 0 Å². The van der Waals surface area contributed by atoms with Crippen LogP contribution in [0.1, 0.15) is 51.4 Å². The molecule has 0 radical (unpaired) electrons. The summed E-state index contributed by atoms with van der Waals surface area (Å²) >= 11 is 3.43. The fourth-order valence-electron chi connectivity index (χ4n) is 3.92. The van der Waals surface area contributed by atoms with Crippen LogP contribution in [-0.2, 0) is 6.54 Å². The van der Waals surface area contributed by atoms with E-state index in [4.69, 9.17) is 4.98 Å². The van der Waals surface area contributed by atoms with E-state index in [9.17, 15) is 4.79 Å². The van der Waals surface area contributed by atoms with Crippen molar-refractivity contribution in [1.29, 1.82) is 0 Å². The van der Waals surface area contributed by atoms with Gasteiger partial charge < -0.3 is 4.90 Å². The number of halogens is 1. The van der Waals surface area contributed by atoms with Gasteiger partial charge >= 0.3 is 0 Å². The van der Waals surface area contributed by atoms with Crippen LogP contribution in [0.2, 0.25) is 0 Å². The second kappa shape index (κ2) is 9.26. The van der Waals surface area contributed by atoms with E-state index >= 15 is 0 Å². The molecule has 2 aromatic rings. The van der Waals surface area contributed by atoms with Crippen molar-refractivity contribution >= 4 is 27.0 Å². The first-order chi connectivity index (χ1) is 13.0. The standard InChI is InChI=1S/C20H30BrN5O/c1-4-7-17(25-10-6-9-24(3)11-12-25)19-23-18-16(13-15(21)14-22-18)20(27)26(19)8-5-2/h13-14,17H,4-12H2,1-3H3. The second-order valence-electron chi connectivity index (χ2n) is 7.45. The van der Waals surface area contributed by atoms with Gasteiger partial charge in [0.1, 0.15) is 5.82 Å². The smallest absolute Gasteiger partial charge is 0.263 e. The number of rotatable bonds is 6. The maximum absolute atomic E-state index is 13.2. The molecule has 1 aliphatic rings. The molecular formula is C20H30BrN5O. The summed E-state index contributed by atoms with van der Waals surface area (Å²) in [5, 5.41) is 0.590. The Labute approximate surface area is 169 Å². The van der Waals surface area contributed by atoms with Gasteiger partial charge in [0.05, 0.1) is 11.4 Å². The number of nitrogens with zero attached hydrogens (tertiary/aromatic N) is 5. The van der Waals surface area contributed by atoms with Crippen molar-refractivity contribution in [3.8, 4) is 0 Å². The summed E-state index contributed by atoms with van der Waals surface area (Å²) in [6, 6.07) is 2.00. The van der Waals surface area contributed by atoms with Gasteiger partial charge in [0, 0.05) is 36.8 Å². The maximum atomic E-state index is 13.2. The first kappa shape index (κ1) is 20.4. The second-order valence-corrected chi connectivity index (χ2v) is 8.36. The average molecular weight is 436 g/mol. The lowest BCUT2D eigenvalue weighted by molar-refractivity contribution is 0.179. The highest BCUT2D eigenvalue weighted by Crippen LogP contribution is 2.26. The van der Waals surface area contributed by atoms with Crippen LogP contribution in [-0.4, -0.2) is 57.6 Å². The lowest BCUT2D eigenvalue weighted by atomic mass is 10.1. The van der Waals surface area contributed by atoms with E-state index in [1.807, 2.05) is 10.6 Å². The summed E-state index contributed by atoms with van der Waals surface area (Å²) < 4.78 is 2.70. The van der Waals surface area contributed by atoms with Crippen LogP contribution in [0.25, 0.3) is 11.0 Å². The van der Waals surface area contributed by atoms with Gasteiger partial charge in [0.25, 0.3) is 5.56 Å². The molecule has 3 rings (SSSR count). The van der Waals surface area contributed by atoms with Crippen LogP contribution in [0.15, 0.2) is 21.5 Å². The minimum atomic E-state index is 0.0266. The highest BCUT2D eigenvalue weighted by Gasteiger charge is 2.27. The minimum absolute atomic E-state index is 0.0266. The van der Waals surface area contributed by atoms with Crippen LogP contribution in [0.4, 0.5) is 0 Å². The molecule has 1 fully saturated rings. The van der Waals surface area contributed by atoms with E-state index in [0.29, 0.717) is 17.6 Å². The van der Waals surface area contributed by atoms with Crippen molar-refractivity contribution in [2.24, 2.45) is 0 Å². The maximum Gasteiger partial charge on any atom is 0.263 e. The Morgan fingerprint density at radius 2 is 2.00 bits per heavy atom. The van der Waals surface area contributed by atoms with Crippen molar-refractivity contribution in [1.82, 2.24) is 24.3 Å². The number of hydrogen-bond acceptors (Lipinski definition) is 5. The summed E-state index contributed by atoms with van der Waals surface area (Å²) in [5.74, 6) is 0.885. The van der Waals surface area contributed by atoms with Crippen molar-refractivity contribution in [3.63, 3.8) is 0 Å². The predicted octanol–water partition coefficient (Wildman–Crippen LogP) is 3.44. The molecule has 0 aliphatic carbocycles. The van der Waals surface area contributed by atoms with Crippen LogP contribution >= 0.6 is 15.9 Å². The Kier molecular flexibility index (Phi) is 7.00. The number of fused-ring (bicyclic) bond motifs is 1. The van der Waals surface area contributed by atoms with Gasteiger partial charge in [-0.05, 0) is 54.9 Å². The van der Waals surface area contributed by atoms with E-state index in [1.165, 1.54) is 0 Å². The fourth-order valence-corrected chi connectivity index (χ4v) is 4.25. The summed E-state index contributed by atoms with van der Waals surface area (Å²) in [6.45, 7) is 9.23. The zero-order valence-corrected chi connectivity index (χ0v) is 18.2. The largest absolute Gasteiger partial charge is 0.305 e. The number of hydrogen-bond donors (Lipinski definition) is 0. The normalized spacial score (nSPS) is 17.9. The minimum Gasteiger partial charge on any atom is -0.305 e. The molecule has 27 heavy (non-hydrogen) atoms. The molecule has 1 atom stereocenters. The molecule has 0 N–H and O–H groups in total. The third-order valence-corrected chi connectivity index (χ3v) is 5.74. The molecular weight excluding hydrogens is 406 g/mol. The molecule has 2 aromatic heterocycles. The number of likely N-dealkylation sites (N-methyl/N-ethyl adjacent to an activating group) is 1. The van der Waals surface area contributed by atoms with Crippen molar-refractivity contribution in [2.45, 2.75) is 52.1 Å². The summed E-state index contributed by atoms with van der Waals surface area (Å²) in [7, 11) is 2.18. The zero-order valence-electron chi connectivity index (χ0n) is 16.6. The SMILES string of the molecule is CCCC(c1nc2ncc(Br)cc2c(=O)n1CCC)N1CCCN(C)CC1. The van der Waals surface area contributed by atoms with Gasteiger partial charge in [-0.2, -0.15) is 0 Å². The summed E-state index contributed by atoms with van der Waals surface area (Å²) in [6.07, 6.45) is 5.84. The van der Waals surface area contributed by atoms with E-state index in [2.05, 4.69) is 51.6 Å². The molecule has 0 amide bonds. The van der Waals surface area contributed by atoms with Crippen molar-refractivity contribution in [3.05, 3.63) is 32.9 Å². The first-order valence-electron chi connectivity index (χ1n) is 10.0. The molecule has 1 saturated heterocycles. The van der Waals surface area contributed by atoms with Crippen molar-refractivity contribution in [2.75, 3.05) is 33.2 Å². The lowest BCUT2D eigenvalue weighted by Gasteiger charge is -2.31. The third-order valence-electron chi connectivity index (χ3n) is 5.31.